The molecule has 0 heterocycles. The van der Waals surface area contributed by atoms with Crippen molar-refractivity contribution in [2.24, 2.45) is 0 Å². The van der Waals surface area contributed by atoms with Gasteiger partial charge >= 0.3 is 5.97 Å². The van der Waals surface area contributed by atoms with Crippen molar-refractivity contribution < 1.29 is 37.3 Å². The fourth-order valence-electron chi connectivity index (χ4n) is 9.00. The molecule has 79 heavy (non-hydrogen) atoms. The molecule has 1 amide bonds. The number of unbranched alkanes of at least 4 members (excludes halogenated alkanes) is 28. The van der Waals surface area contributed by atoms with Gasteiger partial charge in [-0.15, -0.1) is 0 Å². The number of carbonyl (C=O) groups excluding carboxylic acids is 2. The van der Waals surface area contributed by atoms with Crippen molar-refractivity contribution in [2.75, 3.05) is 40.9 Å². The smallest absolute Gasteiger partial charge is 0.306 e. The van der Waals surface area contributed by atoms with E-state index in [0.29, 0.717) is 23.9 Å². The number of rotatable bonds is 58. The standard InChI is InChI=1S/C69H123N2O7P/c1-7-10-13-16-19-22-25-28-30-32-33-34-35-36-37-39-40-43-46-49-52-55-58-61-68(72)70-66(65-77-79(74,75)76-64-63-71(4,5)6)67(60-57-54-51-48-45-42-27-24-21-18-15-12-9-3)78-69(73)62-59-56-53-50-47-44-41-38-31-29-26-23-20-17-14-11-8-2/h11,14,19-20,22-23,28-31,41,44,50,53,57,60,66-67H,7-10,12-13,15-18,21,24-27,32-40,42-43,45-49,51-52,54-56,58-59,61-65H2,1-6H3,(H-,70,72,74,75)/b14-11-,22-19-,23-20-,30-28-,31-29-,44-41-,53-50-,60-57-. The summed E-state index contributed by atoms with van der Waals surface area (Å²) in [5, 5.41) is 3.02. The van der Waals surface area contributed by atoms with Gasteiger partial charge in [0.05, 0.1) is 33.8 Å². The number of quaternary nitrogens is 1. The van der Waals surface area contributed by atoms with Gasteiger partial charge in [0.15, 0.2) is 0 Å². The Balaban J connectivity index is 5.26. The number of carbonyl (C=O) groups is 2. The normalized spacial score (nSPS) is 14.3. The van der Waals surface area contributed by atoms with Crippen molar-refractivity contribution in [1.82, 2.24) is 5.32 Å². The van der Waals surface area contributed by atoms with Crippen molar-refractivity contribution in [2.45, 2.75) is 290 Å². The number of hydrogen-bond donors (Lipinski definition) is 1. The summed E-state index contributed by atoms with van der Waals surface area (Å²) in [6.45, 7) is 6.68. The number of esters is 1. The topological polar surface area (TPSA) is 114 Å². The van der Waals surface area contributed by atoms with E-state index in [1.807, 2.05) is 33.3 Å². The maximum absolute atomic E-state index is 13.6. The predicted octanol–water partition coefficient (Wildman–Crippen LogP) is 19.7. The number of nitrogens with zero attached hydrogens (tertiary/aromatic N) is 1. The molecule has 0 aromatic carbocycles. The third-order valence-corrected chi connectivity index (χ3v) is 15.0. The van der Waals surface area contributed by atoms with Gasteiger partial charge in [-0.25, -0.2) is 0 Å². The third-order valence-electron chi connectivity index (χ3n) is 14.0. The number of nitrogens with one attached hydrogen (secondary N) is 1. The van der Waals surface area contributed by atoms with Gasteiger partial charge in [-0.3, -0.25) is 14.2 Å². The van der Waals surface area contributed by atoms with E-state index in [1.165, 1.54) is 148 Å². The van der Waals surface area contributed by atoms with Crippen LogP contribution in [-0.2, 0) is 27.9 Å². The van der Waals surface area contributed by atoms with Crippen molar-refractivity contribution in [3.63, 3.8) is 0 Å². The second-order valence-corrected chi connectivity index (χ2v) is 24.3. The number of allylic oxidation sites excluding steroid dienone is 15. The van der Waals surface area contributed by atoms with E-state index < -0.39 is 32.5 Å². The molecule has 10 heteroatoms. The van der Waals surface area contributed by atoms with E-state index in [2.05, 4.69) is 111 Å². The molecular weight excluding hydrogens is 1000 g/mol. The lowest BCUT2D eigenvalue weighted by atomic mass is 10.0. The van der Waals surface area contributed by atoms with E-state index in [-0.39, 0.29) is 18.9 Å². The second-order valence-electron chi connectivity index (χ2n) is 22.9. The van der Waals surface area contributed by atoms with Crippen LogP contribution in [0.15, 0.2) is 97.2 Å². The highest BCUT2D eigenvalue weighted by Crippen LogP contribution is 2.38. The summed E-state index contributed by atoms with van der Waals surface area (Å²) in [6, 6.07) is -0.917. The lowest BCUT2D eigenvalue weighted by Crippen LogP contribution is -2.47. The molecule has 0 aliphatic rings. The molecule has 9 nitrogen and oxygen atoms in total. The molecule has 0 aliphatic carbocycles. The first-order valence-corrected chi connectivity index (χ1v) is 34.0. The van der Waals surface area contributed by atoms with E-state index >= 15 is 0 Å². The van der Waals surface area contributed by atoms with Crippen LogP contribution in [-0.4, -0.2) is 69.4 Å². The summed E-state index contributed by atoms with van der Waals surface area (Å²) < 4.78 is 30.3. The van der Waals surface area contributed by atoms with Gasteiger partial charge in [-0.2, -0.15) is 0 Å². The first kappa shape index (κ1) is 75.9. The predicted molar refractivity (Wildman–Crippen MR) is 339 cm³/mol. The summed E-state index contributed by atoms with van der Waals surface area (Å²) in [5.74, 6) is -0.609. The van der Waals surface area contributed by atoms with Crippen molar-refractivity contribution >= 4 is 19.7 Å². The molecule has 1 N–H and O–H groups in total. The van der Waals surface area contributed by atoms with Gasteiger partial charge in [0.25, 0.3) is 7.82 Å². The Morgan fingerprint density at radius 2 is 0.823 bits per heavy atom. The molecule has 0 aromatic rings. The zero-order valence-electron chi connectivity index (χ0n) is 52.1. The number of phosphoric ester groups is 1. The van der Waals surface area contributed by atoms with E-state index in [1.54, 1.807) is 0 Å². The van der Waals surface area contributed by atoms with Crippen molar-refractivity contribution in [3.05, 3.63) is 97.2 Å². The largest absolute Gasteiger partial charge is 0.756 e. The van der Waals surface area contributed by atoms with Crippen LogP contribution in [0.25, 0.3) is 0 Å². The number of ether oxygens (including phenoxy) is 1. The van der Waals surface area contributed by atoms with E-state index in [9.17, 15) is 19.0 Å². The first-order chi connectivity index (χ1) is 38.4. The SMILES string of the molecule is CC/C=C\C/C=C\C/C=C\C/C=C\C/C=C\CCCC(=O)OC(/C=C\CCCCCCCCCCCCC)C(COP(=O)([O-])OCC[N+](C)(C)C)NC(=O)CCCCCCCCCCCCCCC/C=C\C/C=C\CCCCC. The lowest BCUT2D eigenvalue weighted by molar-refractivity contribution is -0.870. The Kier molecular flexibility index (Phi) is 55.9. The van der Waals surface area contributed by atoms with Crippen LogP contribution < -0.4 is 10.2 Å². The van der Waals surface area contributed by atoms with Gasteiger partial charge in [-0.05, 0) is 102 Å². The Morgan fingerprint density at radius 3 is 1.27 bits per heavy atom. The molecule has 0 saturated carbocycles. The van der Waals surface area contributed by atoms with Gasteiger partial charge < -0.3 is 28.5 Å². The molecule has 0 aliphatic heterocycles. The fraction of sp³-hybridized carbons (Fsp3) is 0.739. The summed E-state index contributed by atoms with van der Waals surface area (Å²) >= 11 is 0. The highest BCUT2D eigenvalue weighted by molar-refractivity contribution is 7.45. The highest BCUT2D eigenvalue weighted by atomic mass is 31.2. The van der Waals surface area contributed by atoms with Crippen molar-refractivity contribution in [3.8, 4) is 0 Å². The number of hydrogen-bond acceptors (Lipinski definition) is 7. The van der Waals surface area contributed by atoms with Gasteiger partial charge in [0, 0.05) is 12.8 Å². The molecule has 0 spiro atoms. The zero-order valence-corrected chi connectivity index (χ0v) is 52.9. The Bertz CT molecular complexity index is 1670. The average molecular weight is 1120 g/mol. The van der Waals surface area contributed by atoms with Crippen LogP contribution in [0.4, 0.5) is 0 Å². The first-order valence-electron chi connectivity index (χ1n) is 32.5. The maximum atomic E-state index is 13.6. The van der Waals surface area contributed by atoms with Gasteiger partial charge in [0.2, 0.25) is 5.91 Å². The summed E-state index contributed by atoms with van der Waals surface area (Å²) in [4.78, 5) is 40.0. The fourth-order valence-corrected chi connectivity index (χ4v) is 9.72. The molecule has 0 rings (SSSR count). The average Bonchev–Trinajstić information content (AvgIpc) is 3.41. The number of likely N-dealkylation sites (N-methyl/N-ethyl adjacent to an activating group) is 1. The highest BCUT2D eigenvalue weighted by Gasteiger charge is 2.27. The molecule has 3 atom stereocenters. The number of amides is 1. The minimum Gasteiger partial charge on any atom is -0.756 e. The van der Waals surface area contributed by atoms with Gasteiger partial charge in [-0.1, -0.05) is 260 Å². The number of phosphoric acid groups is 1. The van der Waals surface area contributed by atoms with Crippen LogP contribution in [0.2, 0.25) is 0 Å². The maximum Gasteiger partial charge on any atom is 0.306 e. The third kappa shape index (κ3) is 59.4. The second kappa shape index (κ2) is 58.1. The van der Waals surface area contributed by atoms with Crippen LogP contribution in [0, 0.1) is 0 Å². The van der Waals surface area contributed by atoms with E-state index in [4.69, 9.17) is 13.8 Å². The minimum atomic E-state index is -4.72. The molecule has 0 bridgehead atoms. The summed E-state index contributed by atoms with van der Waals surface area (Å²) in [7, 11) is 1.15. The molecule has 0 saturated heterocycles. The Hall–Kier alpha value is -3.07. The zero-order chi connectivity index (χ0) is 57.9. The van der Waals surface area contributed by atoms with Crippen LogP contribution in [0.1, 0.15) is 278 Å². The van der Waals surface area contributed by atoms with Crippen LogP contribution >= 0.6 is 7.82 Å². The molecule has 3 unspecified atom stereocenters. The summed E-state index contributed by atoms with van der Waals surface area (Å²) in [6.07, 6.45) is 78.1. The van der Waals surface area contributed by atoms with Crippen LogP contribution in [0.5, 0.6) is 0 Å². The molecular formula is C69H123N2O7P. The molecule has 456 valence electrons. The van der Waals surface area contributed by atoms with Gasteiger partial charge in [0.1, 0.15) is 19.3 Å². The van der Waals surface area contributed by atoms with E-state index in [0.717, 1.165) is 89.9 Å². The minimum absolute atomic E-state index is 0.0347. The monoisotopic (exact) mass is 1120 g/mol. The van der Waals surface area contributed by atoms with Crippen LogP contribution in [0.3, 0.4) is 0 Å². The molecule has 0 aromatic heterocycles. The Morgan fingerprint density at radius 1 is 0.456 bits per heavy atom. The lowest BCUT2D eigenvalue weighted by Gasteiger charge is -2.30. The molecule has 0 radical (unpaired) electrons. The molecule has 0 fully saturated rings. The summed E-state index contributed by atoms with van der Waals surface area (Å²) in [5.41, 5.74) is 0. The quantitative estimate of drug-likeness (QED) is 0.0212. The Labute approximate surface area is 488 Å². The van der Waals surface area contributed by atoms with Crippen molar-refractivity contribution in [1.29, 1.82) is 0 Å².